The number of sulfonamides is 1. The Kier molecular flexibility index (Phi) is 13.9. The van der Waals surface area contributed by atoms with Crippen LogP contribution in [0.1, 0.15) is 131 Å². The fraction of sp³-hybridized carbons (Fsp3) is 0.636. The molecule has 3 heterocycles. The standard InChI is InChI=1S/C44H63N7O8S2/c1-26(2)33-25-60-39(46-33)30-17-15-19-34-36(30)48-41(51(34)27(3)4)58-29-23-35(38(53)45-9)50(24-29)40(54)32(47-42(55)59-43(5,6)7)18-14-12-10-11-13-16-28-22-31(28)37(52)49-61(56,57)44(8)20-21-44/h13,15-17,19,25-29,31-32,35H,10-12,14,18,20-24H2,1-9H3,(H,45,53)(H,47,55)(H,49,52). The number of thiazole rings is 1. The first-order valence-corrected chi connectivity index (χ1v) is 24.0. The van der Waals surface area contributed by atoms with E-state index in [2.05, 4.69) is 48.4 Å². The van der Waals surface area contributed by atoms with Gasteiger partial charge in [-0.15, -0.1) is 11.3 Å². The maximum absolute atomic E-state index is 14.4. The van der Waals surface area contributed by atoms with Crippen LogP contribution in [0.5, 0.6) is 6.01 Å². The number of likely N-dealkylation sites (N-methyl/N-ethyl adjacent to an activating group) is 1. The number of rotatable bonds is 18. The van der Waals surface area contributed by atoms with Crippen LogP contribution in [-0.4, -0.2) is 93.8 Å². The van der Waals surface area contributed by atoms with Gasteiger partial charge in [0, 0.05) is 36.4 Å². The highest BCUT2D eigenvalue weighted by Gasteiger charge is 2.52. The molecular formula is C44H63N7O8S2. The topological polar surface area (TPSA) is 191 Å². The van der Waals surface area contributed by atoms with Crippen LogP contribution in [0.15, 0.2) is 35.7 Å². The third-order valence-corrected chi connectivity index (χ3v) is 14.7. The maximum Gasteiger partial charge on any atom is 0.408 e. The first-order valence-electron chi connectivity index (χ1n) is 21.6. The third kappa shape index (κ3) is 10.9. The Hall–Kier alpha value is -4.51. The highest BCUT2D eigenvalue weighted by molar-refractivity contribution is 7.91. The number of carbonyl (C=O) groups is 4. The molecule has 15 nitrogen and oxygen atoms in total. The highest BCUT2D eigenvalue weighted by atomic mass is 32.2. The predicted molar refractivity (Wildman–Crippen MR) is 236 cm³/mol. The van der Waals surface area contributed by atoms with Crippen molar-refractivity contribution in [3.63, 3.8) is 0 Å². The zero-order valence-electron chi connectivity index (χ0n) is 36.9. The summed E-state index contributed by atoms with van der Waals surface area (Å²) in [4.78, 5) is 64.8. The molecule has 1 saturated heterocycles. The Morgan fingerprint density at radius 3 is 2.41 bits per heavy atom. The predicted octanol–water partition coefficient (Wildman–Crippen LogP) is 6.99. The van der Waals surface area contributed by atoms with Gasteiger partial charge in [0.1, 0.15) is 34.3 Å². The van der Waals surface area contributed by atoms with Crippen molar-refractivity contribution >= 4 is 56.2 Å². The van der Waals surface area contributed by atoms with Crippen LogP contribution in [0, 0.1) is 11.8 Å². The van der Waals surface area contributed by atoms with Crippen molar-refractivity contribution in [1.29, 1.82) is 0 Å². The van der Waals surface area contributed by atoms with Crippen LogP contribution in [0.25, 0.3) is 21.6 Å². The second kappa shape index (κ2) is 18.5. The van der Waals surface area contributed by atoms with E-state index in [9.17, 15) is 27.6 Å². The molecular weight excluding hydrogens is 819 g/mol. The highest BCUT2D eigenvalue weighted by Crippen LogP contribution is 2.44. The number of fused-ring (bicyclic) bond motifs is 1. The number of alkyl carbamates (subject to hydrolysis) is 1. The van der Waals surface area contributed by atoms with E-state index in [1.54, 1.807) is 39.0 Å². The molecule has 1 aromatic carbocycles. The maximum atomic E-state index is 14.4. The van der Waals surface area contributed by atoms with Crippen LogP contribution in [-0.2, 0) is 29.1 Å². The van der Waals surface area contributed by atoms with Gasteiger partial charge in [-0.05, 0) is 104 Å². The molecule has 17 heteroatoms. The monoisotopic (exact) mass is 881 g/mol. The zero-order valence-corrected chi connectivity index (χ0v) is 38.6. The summed E-state index contributed by atoms with van der Waals surface area (Å²) in [6, 6.07) is 4.60. The van der Waals surface area contributed by atoms with Gasteiger partial charge in [-0.25, -0.2) is 18.2 Å². The number of nitrogens with one attached hydrogen (secondary N) is 3. The van der Waals surface area contributed by atoms with Gasteiger partial charge >= 0.3 is 6.09 Å². The molecule has 2 aliphatic carbocycles. The van der Waals surface area contributed by atoms with Crippen LogP contribution in [0.2, 0.25) is 0 Å². The average molecular weight is 882 g/mol. The molecule has 0 radical (unpaired) electrons. The quantitative estimate of drug-likeness (QED) is 0.0887. The Morgan fingerprint density at radius 2 is 1.77 bits per heavy atom. The Bertz CT molecular complexity index is 2240. The average Bonchev–Trinajstić information content (AvgIpc) is 3.94. The molecule has 3 N–H and O–H groups in total. The van der Waals surface area contributed by atoms with Crippen molar-refractivity contribution in [3.05, 3.63) is 41.4 Å². The second-order valence-electron chi connectivity index (χ2n) is 18.6. The molecule has 0 bridgehead atoms. The lowest BCUT2D eigenvalue weighted by Gasteiger charge is -2.29. The number of imidazole rings is 1. The summed E-state index contributed by atoms with van der Waals surface area (Å²) in [6.45, 7) is 15.4. The molecule has 1 aliphatic heterocycles. The minimum atomic E-state index is -3.65. The molecule has 5 atom stereocenters. The first kappa shape index (κ1) is 46.0. The van der Waals surface area contributed by atoms with Crippen molar-refractivity contribution in [2.45, 2.75) is 154 Å². The number of ether oxygens (including phenoxy) is 2. The number of amides is 4. The van der Waals surface area contributed by atoms with E-state index in [1.165, 1.54) is 11.9 Å². The van der Waals surface area contributed by atoms with E-state index in [-0.39, 0.29) is 36.8 Å². The lowest BCUT2D eigenvalue weighted by molar-refractivity contribution is -0.140. The van der Waals surface area contributed by atoms with E-state index in [4.69, 9.17) is 19.4 Å². The van der Waals surface area contributed by atoms with Crippen LogP contribution in [0.4, 0.5) is 4.79 Å². The lowest BCUT2D eigenvalue weighted by Crippen LogP contribution is -2.53. The van der Waals surface area contributed by atoms with E-state index in [0.717, 1.165) is 46.6 Å². The van der Waals surface area contributed by atoms with Gasteiger partial charge in [0.05, 0.1) is 22.5 Å². The Morgan fingerprint density at radius 1 is 1.03 bits per heavy atom. The molecule has 2 saturated carbocycles. The van der Waals surface area contributed by atoms with Crippen molar-refractivity contribution in [3.8, 4) is 16.6 Å². The number of unbranched alkanes of at least 4 members (excludes halogenated alkanes) is 3. The number of allylic oxidation sites excluding steroid dienone is 2. The number of para-hydroxylation sites is 1. The van der Waals surface area contributed by atoms with Crippen LogP contribution >= 0.6 is 11.3 Å². The van der Waals surface area contributed by atoms with Gasteiger partial charge in [-0.1, -0.05) is 44.9 Å². The number of aromatic nitrogens is 3. The van der Waals surface area contributed by atoms with E-state index >= 15 is 0 Å². The number of likely N-dealkylation sites (tertiary alicyclic amines) is 1. The molecule has 61 heavy (non-hydrogen) atoms. The summed E-state index contributed by atoms with van der Waals surface area (Å²) in [5.74, 6) is -1.17. The largest absolute Gasteiger partial charge is 0.459 e. The molecule has 3 fully saturated rings. The van der Waals surface area contributed by atoms with E-state index in [1.807, 2.05) is 34.9 Å². The molecule has 6 rings (SSSR count). The third-order valence-electron chi connectivity index (χ3n) is 11.7. The zero-order chi connectivity index (χ0) is 44.4. The summed E-state index contributed by atoms with van der Waals surface area (Å²) < 4.78 is 40.5. The van der Waals surface area contributed by atoms with Crippen molar-refractivity contribution in [2.24, 2.45) is 11.8 Å². The Balaban J connectivity index is 1.10. The van der Waals surface area contributed by atoms with Gasteiger partial charge in [-0.3, -0.25) is 23.7 Å². The molecule has 3 aromatic rings. The number of carbonyl (C=O) groups excluding carboxylic acids is 4. The Labute approximate surface area is 363 Å². The van der Waals surface area contributed by atoms with E-state index in [0.29, 0.717) is 44.0 Å². The molecule has 4 amide bonds. The normalized spacial score (nSPS) is 21.5. The molecule has 5 unspecified atom stereocenters. The van der Waals surface area contributed by atoms with Gasteiger partial charge in [0.2, 0.25) is 27.7 Å². The lowest BCUT2D eigenvalue weighted by atomic mass is 10.0. The first-order chi connectivity index (χ1) is 28.7. The van der Waals surface area contributed by atoms with Crippen LogP contribution < -0.4 is 20.1 Å². The van der Waals surface area contributed by atoms with Crippen molar-refractivity contribution < 1.29 is 37.1 Å². The summed E-state index contributed by atoms with van der Waals surface area (Å²) in [5, 5.41) is 8.44. The number of hydrogen-bond acceptors (Lipinski definition) is 11. The van der Waals surface area contributed by atoms with Gasteiger partial charge in [0.15, 0.2) is 0 Å². The summed E-state index contributed by atoms with van der Waals surface area (Å²) in [6.07, 6.45) is 7.95. The fourth-order valence-corrected chi connectivity index (χ4v) is 10.00. The van der Waals surface area contributed by atoms with Gasteiger partial charge in [-0.2, -0.15) is 4.98 Å². The minimum absolute atomic E-state index is 0.0109. The number of benzene rings is 1. The summed E-state index contributed by atoms with van der Waals surface area (Å²) >= 11 is 1.58. The molecule has 334 valence electrons. The summed E-state index contributed by atoms with van der Waals surface area (Å²) in [7, 11) is -2.11. The number of hydrogen-bond donors (Lipinski definition) is 3. The van der Waals surface area contributed by atoms with E-state index < -0.39 is 56.5 Å². The van der Waals surface area contributed by atoms with Gasteiger partial charge in [0.25, 0.3) is 6.01 Å². The van der Waals surface area contributed by atoms with Gasteiger partial charge < -0.3 is 25.0 Å². The molecule has 0 spiro atoms. The smallest absolute Gasteiger partial charge is 0.408 e. The van der Waals surface area contributed by atoms with Crippen molar-refractivity contribution in [2.75, 3.05) is 13.6 Å². The second-order valence-corrected chi connectivity index (χ2v) is 21.6. The molecule has 3 aliphatic rings. The molecule has 2 aromatic heterocycles. The SMILES string of the molecule is CNC(=O)C1CC(Oc2nc3c(-c4nc(C(C)C)cs4)cccc3n2C(C)C)CN1C(=O)C(CCCCCC=CC1CC1C(=O)NS(=O)(=O)C1(C)CC1)NC(=O)OC(C)(C)C. The van der Waals surface area contributed by atoms with Crippen LogP contribution in [0.3, 0.4) is 0 Å². The fourth-order valence-electron chi connectivity index (χ4n) is 7.69. The minimum Gasteiger partial charge on any atom is -0.459 e. The van der Waals surface area contributed by atoms with Crippen molar-refractivity contribution in [1.82, 2.24) is 34.8 Å². The number of nitrogens with zero attached hydrogens (tertiary/aromatic N) is 4. The summed E-state index contributed by atoms with van der Waals surface area (Å²) in [5.41, 5.74) is 2.80.